The van der Waals surface area contributed by atoms with Crippen molar-refractivity contribution in [1.82, 2.24) is 0 Å². The molecule has 0 aliphatic carbocycles. The van der Waals surface area contributed by atoms with E-state index in [9.17, 15) is 5.21 Å². The normalized spacial score (nSPS) is 10.6. The maximum absolute atomic E-state index is 9.59. The summed E-state index contributed by atoms with van der Waals surface area (Å²) in [4.78, 5) is 0. The summed E-state index contributed by atoms with van der Waals surface area (Å²) in [6.07, 6.45) is 5.53. The van der Waals surface area contributed by atoms with E-state index < -0.39 is 0 Å². The van der Waals surface area contributed by atoms with Crippen molar-refractivity contribution in [3.8, 4) is 0 Å². The monoisotopic (exact) mass is 101 g/mol. The Bertz CT molecular complexity index is 52.0. The van der Waals surface area contributed by atoms with Gasteiger partial charge in [-0.2, -0.15) is 0 Å². The van der Waals surface area contributed by atoms with Gasteiger partial charge in [0.15, 0.2) is 0 Å². The summed E-state index contributed by atoms with van der Waals surface area (Å²) in [5.74, 6) is 0. The fraction of sp³-hybridized carbons (Fsp3) is 0.600. The molecule has 0 fully saturated rings. The summed E-state index contributed by atoms with van der Waals surface area (Å²) in [5.41, 5.74) is 0.801. The van der Waals surface area contributed by atoms with Gasteiger partial charge in [-0.3, -0.25) is 0 Å². The molecule has 0 saturated heterocycles. The van der Waals surface area contributed by atoms with E-state index in [0.29, 0.717) is 0 Å². The Labute approximate surface area is 43.8 Å². The molecule has 0 aromatic heterocycles. The lowest BCUT2D eigenvalue weighted by atomic mass is 10.3. The summed E-state index contributed by atoms with van der Waals surface area (Å²) >= 11 is 0. The maximum atomic E-state index is 9.59. The van der Waals surface area contributed by atoms with E-state index in [1.54, 1.807) is 0 Å². The van der Waals surface area contributed by atoms with Crippen LogP contribution in [0.3, 0.4) is 0 Å². The molecule has 0 aromatic rings. The van der Waals surface area contributed by atoms with Crippen LogP contribution < -0.4 is 5.48 Å². The second kappa shape index (κ2) is 5.66. The number of hydrogen-bond acceptors (Lipinski definition) is 1. The lowest BCUT2D eigenvalue weighted by Crippen LogP contribution is -2.69. The van der Waals surface area contributed by atoms with E-state index in [4.69, 9.17) is 0 Å². The standard InChI is InChI=1S/C5H11NO/c1-2-3-4-5-6-7/h4-5H,2-3,6H2,1H3. The fourth-order valence-electron chi connectivity index (χ4n) is 0.318. The summed E-state index contributed by atoms with van der Waals surface area (Å²) < 4.78 is 0. The van der Waals surface area contributed by atoms with Crippen molar-refractivity contribution in [1.29, 1.82) is 0 Å². The van der Waals surface area contributed by atoms with Crippen molar-refractivity contribution < 1.29 is 5.48 Å². The lowest BCUT2D eigenvalue weighted by Gasteiger charge is -1.87. The number of rotatable bonds is 3. The third kappa shape index (κ3) is 5.66. The van der Waals surface area contributed by atoms with Crippen LogP contribution in [0, 0.1) is 5.21 Å². The molecule has 0 bridgehead atoms. The average Bonchev–Trinajstić information content (AvgIpc) is 1.69. The zero-order chi connectivity index (χ0) is 5.54. The molecule has 0 amide bonds. The molecule has 0 aromatic carbocycles. The summed E-state index contributed by atoms with van der Waals surface area (Å²) in [6, 6.07) is 0. The molecule has 0 aliphatic rings. The second-order valence-electron chi connectivity index (χ2n) is 1.35. The van der Waals surface area contributed by atoms with Gasteiger partial charge in [0.25, 0.3) is 0 Å². The third-order valence-electron chi connectivity index (χ3n) is 0.670. The lowest BCUT2D eigenvalue weighted by molar-refractivity contribution is -0.514. The highest BCUT2D eigenvalue weighted by Gasteiger charge is 1.68. The number of hydroxylamine groups is 1. The van der Waals surface area contributed by atoms with Crippen molar-refractivity contribution in [3.05, 3.63) is 17.5 Å². The van der Waals surface area contributed by atoms with Gasteiger partial charge >= 0.3 is 0 Å². The first kappa shape index (κ1) is 6.66. The molecule has 0 saturated carbocycles. The minimum Gasteiger partial charge on any atom is -0.631 e. The summed E-state index contributed by atoms with van der Waals surface area (Å²) in [5, 5.41) is 9.59. The molecule has 0 spiro atoms. The van der Waals surface area contributed by atoms with Crippen molar-refractivity contribution in [2.24, 2.45) is 0 Å². The molecule has 2 heteroatoms. The van der Waals surface area contributed by atoms with Crippen LogP contribution in [0.15, 0.2) is 12.3 Å². The predicted molar refractivity (Wildman–Crippen MR) is 29.3 cm³/mol. The van der Waals surface area contributed by atoms with Gasteiger partial charge in [0, 0.05) is 0 Å². The largest absolute Gasteiger partial charge is 0.631 e. The average molecular weight is 101 g/mol. The molecule has 0 aliphatic heterocycles. The van der Waals surface area contributed by atoms with E-state index >= 15 is 0 Å². The number of hydrogen-bond donors (Lipinski definition) is 1. The Morgan fingerprint density at radius 3 is 2.86 bits per heavy atom. The summed E-state index contributed by atoms with van der Waals surface area (Å²) in [7, 11) is 0. The van der Waals surface area contributed by atoms with Crippen molar-refractivity contribution >= 4 is 0 Å². The number of allylic oxidation sites excluding steroid dienone is 1. The molecule has 0 heterocycles. The SMILES string of the molecule is CCCC=C[NH2+][O-]. The molecule has 0 atom stereocenters. The van der Waals surface area contributed by atoms with Gasteiger partial charge in [0.2, 0.25) is 0 Å². The number of nitrogens with two attached hydrogens (primary N) is 1. The highest BCUT2D eigenvalue weighted by molar-refractivity contribution is 4.69. The highest BCUT2D eigenvalue weighted by atomic mass is 16.5. The van der Waals surface area contributed by atoms with Crippen LogP contribution in [-0.4, -0.2) is 0 Å². The van der Waals surface area contributed by atoms with Crippen LogP contribution in [0.5, 0.6) is 0 Å². The Morgan fingerprint density at radius 1 is 1.71 bits per heavy atom. The van der Waals surface area contributed by atoms with Gasteiger partial charge in [-0.1, -0.05) is 13.3 Å². The van der Waals surface area contributed by atoms with E-state index in [-0.39, 0.29) is 0 Å². The molecule has 2 nitrogen and oxygen atoms in total. The van der Waals surface area contributed by atoms with Crippen LogP contribution in [0.2, 0.25) is 0 Å². The first-order valence-electron chi connectivity index (χ1n) is 2.52. The van der Waals surface area contributed by atoms with Crippen LogP contribution >= 0.6 is 0 Å². The summed E-state index contributed by atoms with van der Waals surface area (Å²) in [6.45, 7) is 2.08. The molecule has 0 radical (unpaired) electrons. The first-order valence-corrected chi connectivity index (χ1v) is 2.52. The van der Waals surface area contributed by atoms with Gasteiger partial charge < -0.3 is 10.7 Å². The Hall–Kier alpha value is -0.340. The maximum Gasteiger partial charge on any atom is 0.0885 e. The quantitative estimate of drug-likeness (QED) is 0.512. The Balaban J connectivity index is 2.78. The van der Waals surface area contributed by atoms with Gasteiger partial charge in [-0.05, 0) is 12.5 Å². The zero-order valence-electron chi connectivity index (χ0n) is 4.55. The highest BCUT2D eigenvalue weighted by Crippen LogP contribution is 1.83. The van der Waals surface area contributed by atoms with Crippen molar-refractivity contribution in [2.75, 3.05) is 0 Å². The van der Waals surface area contributed by atoms with E-state index in [2.05, 4.69) is 6.92 Å². The minimum atomic E-state index is 0.801. The fourth-order valence-corrected chi connectivity index (χ4v) is 0.318. The number of quaternary nitrogens is 1. The van der Waals surface area contributed by atoms with Crippen molar-refractivity contribution in [2.45, 2.75) is 19.8 Å². The molecule has 7 heavy (non-hydrogen) atoms. The van der Waals surface area contributed by atoms with E-state index in [0.717, 1.165) is 18.3 Å². The van der Waals surface area contributed by atoms with E-state index in [1.165, 1.54) is 6.20 Å². The van der Waals surface area contributed by atoms with E-state index in [1.807, 2.05) is 6.08 Å². The van der Waals surface area contributed by atoms with Crippen LogP contribution in [0.4, 0.5) is 0 Å². The van der Waals surface area contributed by atoms with Crippen molar-refractivity contribution in [3.63, 3.8) is 0 Å². The molecule has 2 N–H and O–H groups in total. The molecular formula is C5H11NO. The Kier molecular flexibility index (Phi) is 5.39. The zero-order valence-corrected chi connectivity index (χ0v) is 4.55. The van der Waals surface area contributed by atoms with Crippen LogP contribution in [0.25, 0.3) is 0 Å². The smallest absolute Gasteiger partial charge is 0.0885 e. The van der Waals surface area contributed by atoms with Crippen LogP contribution in [0.1, 0.15) is 19.8 Å². The number of unbranched alkanes of at least 4 members (excludes halogenated alkanes) is 1. The second-order valence-corrected chi connectivity index (χ2v) is 1.35. The molecule has 42 valence electrons. The molecule has 0 rings (SSSR count). The first-order chi connectivity index (χ1) is 3.41. The van der Waals surface area contributed by atoms with Gasteiger partial charge in [-0.15, -0.1) is 0 Å². The van der Waals surface area contributed by atoms with Gasteiger partial charge in [-0.25, -0.2) is 0 Å². The van der Waals surface area contributed by atoms with Gasteiger partial charge in [0.05, 0.1) is 6.20 Å². The molecular weight excluding hydrogens is 90.1 g/mol. The predicted octanol–water partition coefficient (Wildman–Crippen LogP) is 0.361. The third-order valence-corrected chi connectivity index (χ3v) is 0.670. The van der Waals surface area contributed by atoms with Gasteiger partial charge in [0.1, 0.15) is 0 Å². The Morgan fingerprint density at radius 2 is 2.43 bits per heavy atom. The van der Waals surface area contributed by atoms with Crippen LogP contribution in [-0.2, 0) is 0 Å². The minimum absolute atomic E-state index is 0.801. The molecule has 0 unspecified atom stereocenters. The topological polar surface area (TPSA) is 39.7 Å².